The molecule has 1 aliphatic heterocycles. The van der Waals surface area contributed by atoms with Gasteiger partial charge in [-0.05, 0) is 26.2 Å². The molecule has 2 aromatic rings. The fourth-order valence-corrected chi connectivity index (χ4v) is 4.00. The van der Waals surface area contributed by atoms with Crippen LogP contribution in [-0.4, -0.2) is 51.2 Å². The Morgan fingerprint density at radius 1 is 1.40 bits per heavy atom. The average Bonchev–Trinajstić information content (AvgIpc) is 3.19. The minimum atomic E-state index is -0.268. The molecule has 0 aromatic carbocycles. The van der Waals surface area contributed by atoms with E-state index in [4.69, 9.17) is 0 Å². The van der Waals surface area contributed by atoms with Crippen LogP contribution in [0.2, 0.25) is 0 Å². The highest BCUT2D eigenvalue weighted by Gasteiger charge is 2.33. The number of nitrogens with zero attached hydrogens (tertiary/aromatic N) is 4. The number of rotatable bonds is 4. The van der Waals surface area contributed by atoms with Crippen LogP contribution in [0.25, 0.3) is 0 Å². The first-order valence-corrected chi connectivity index (χ1v) is 9.44. The minimum Gasteiger partial charge on any atom is -0.391 e. The molecule has 0 unspecified atom stereocenters. The molecule has 1 aliphatic carbocycles. The first-order chi connectivity index (χ1) is 12.1. The Balaban J connectivity index is 1.34. The van der Waals surface area contributed by atoms with Gasteiger partial charge >= 0.3 is 0 Å². The summed E-state index contributed by atoms with van der Waals surface area (Å²) in [6.45, 7) is 3.35. The third-order valence-corrected chi connectivity index (χ3v) is 5.68. The quantitative estimate of drug-likeness (QED) is 0.859. The number of anilines is 1. The number of aliphatic hydroxyl groups is 1. The third kappa shape index (κ3) is 3.50. The first kappa shape index (κ1) is 16.4. The van der Waals surface area contributed by atoms with Gasteiger partial charge in [-0.2, -0.15) is 0 Å². The summed E-state index contributed by atoms with van der Waals surface area (Å²) >= 11 is 1.49. The van der Waals surface area contributed by atoms with Gasteiger partial charge in [0.1, 0.15) is 17.8 Å². The van der Waals surface area contributed by atoms with Gasteiger partial charge in [0.25, 0.3) is 5.91 Å². The molecule has 0 spiro atoms. The SMILES string of the molecule is Cc1nc(C(=O)NC2CC(c3cc(N4CC[C@H](O)C4)ncn3)C2)cs1. The molecule has 0 radical (unpaired) electrons. The lowest BCUT2D eigenvalue weighted by Crippen LogP contribution is -2.43. The maximum absolute atomic E-state index is 12.1. The monoisotopic (exact) mass is 359 g/mol. The fraction of sp³-hybridized carbons (Fsp3) is 0.529. The molecule has 4 rings (SSSR count). The number of aliphatic hydroxyl groups excluding tert-OH is 1. The van der Waals surface area contributed by atoms with E-state index in [2.05, 4.69) is 25.2 Å². The van der Waals surface area contributed by atoms with Crippen molar-refractivity contribution in [3.8, 4) is 0 Å². The Labute approximate surface area is 150 Å². The molecule has 1 amide bonds. The summed E-state index contributed by atoms with van der Waals surface area (Å²) in [6.07, 6.45) is 3.88. The summed E-state index contributed by atoms with van der Waals surface area (Å²) in [4.78, 5) is 27.2. The highest BCUT2D eigenvalue weighted by atomic mass is 32.1. The molecule has 25 heavy (non-hydrogen) atoms. The van der Waals surface area contributed by atoms with Crippen LogP contribution in [0.5, 0.6) is 0 Å². The number of hydrogen-bond donors (Lipinski definition) is 2. The summed E-state index contributed by atoms with van der Waals surface area (Å²) < 4.78 is 0. The van der Waals surface area contributed by atoms with E-state index < -0.39 is 0 Å². The summed E-state index contributed by atoms with van der Waals surface area (Å²) in [7, 11) is 0. The molecule has 2 aliphatic rings. The van der Waals surface area contributed by atoms with Crippen LogP contribution in [0, 0.1) is 6.92 Å². The molecule has 1 atom stereocenters. The van der Waals surface area contributed by atoms with Gasteiger partial charge in [0.2, 0.25) is 0 Å². The average molecular weight is 359 g/mol. The minimum absolute atomic E-state index is 0.0952. The Kier molecular flexibility index (Phi) is 4.39. The number of carbonyl (C=O) groups excluding carboxylic acids is 1. The van der Waals surface area contributed by atoms with Crippen LogP contribution in [0.15, 0.2) is 17.8 Å². The van der Waals surface area contributed by atoms with Gasteiger partial charge in [0, 0.05) is 42.2 Å². The Bertz CT molecular complexity index is 774. The maximum atomic E-state index is 12.1. The number of nitrogens with one attached hydrogen (secondary N) is 1. The summed E-state index contributed by atoms with van der Waals surface area (Å²) in [6, 6.07) is 2.19. The zero-order chi connectivity index (χ0) is 17.4. The molecule has 7 nitrogen and oxygen atoms in total. The predicted molar refractivity (Wildman–Crippen MR) is 94.9 cm³/mol. The van der Waals surface area contributed by atoms with E-state index in [9.17, 15) is 9.90 Å². The molecule has 2 fully saturated rings. The third-order valence-electron chi connectivity index (χ3n) is 4.90. The topological polar surface area (TPSA) is 91.2 Å². The number of aryl methyl sites for hydroxylation is 1. The van der Waals surface area contributed by atoms with Gasteiger partial charge in [0.15, 0.2) is 0 Å². The van der Waals surface area contributed by atoms with Gasteiger partial charge in [-0.1, -0.05) is 0 Å². The van der Waals surface area contributed by atoms with Gasteiger partial charge in [-0.3, -0.25) is 4.79 Å². The van der Waals surface area contributed by atoms with Crippen LogP contribution in [0.3, 0.4) is 0 Å². The van der Waals surface area contributed by atoms with Crippen molar-refractivity contribution in [2.24, 2.45) is 0 Å². The zero-order valence-electron chi connectivity index (χ0n) is 14.1. The van der Waals surface area contributed by atoms with Crippen molar-refractivity contribution in [1.82, 2.24) is 20.3 Å². The molecule has 132 valence electrons. The van der Waals surface area contributed by atoms with Crippen LogP contribution in [0.1, 0.15) is 46.4 Å². The van der Waals surface area contributed by atoms with Crippen LogP contribution >= 0.6 is 11.3 Å². The van der Waals surface area contributed by atoms with Crippen LogP contribution in [-0.2, 0) is 0 Å². The van der Waals surface area contributed by atoms with Crippen molar-refractivity contribution in [1.29, 1.82) is 0 Å². The summed E-state index contributed by atoms with van der Waals surface area (Å²) in [5.41, 5.74) is 1.52. The van der Waals surface area contributed by atoms with E-state index in [1.807, 2.05) is 13.0 Å². The van der Waals surface area contributed by atoms with Gasteiger partial charge in [-0.25, -0.2) is 15.0 Å². The van der Waals surface area contributed by atoms with Crippen LogP contribution in [0.4, 0.5) is 5.82 Å². The molecule has 2 N–H and O–H groups in total. The van der Waals surface area contributed by atoms with Crippen molar-refractivity contribution < 1.29 is 9.90 Å². The zero-order valence-corrected chi connectivity index (χ0v) is 14.9. The first-order valence-electron chi connectivity index (χ1n) is 8.56. The van der Waals surface area contributed by atoms with E-state index in [0.29, 0.717) is 18.2 Å². The number of amides is 1. The highest BCUT2D eigenvalue weighted by Crippen LogP contribution is 2.37. The smallest absolute Gasteiger partial charge is 0.270 e. The van der Waals surface area contributed by atoms with Crippen molar-refractivity contribution >= 4 is 23.1 Å². The van der Waals surface area contributed by atoms with E-state index in [1.165, 1.54) is 11.3 Å². The predicted octanol–water partition coefficient (Wildman–Crippen LogP) is 1.49. The second kappa shape index (κ2) is 6.68. The Hall–Kier alpha value is -2.06. The lowest BCUT2D eigenvalue weighted by molar-refractivity contribution is 0.0903. The number of thiazole rings is 1. The van der Waals surface area contributed by atoms with Gasteiger partial charge < -0.3 is 15.3 Å². The van der Waals surface area contributed by atoms with Crippen molar-refractivity contribution in [3.63, 3.8) is 0 Å². The molecular formula is C17H21N5O2S. The number of hydrogen-bond acceptors (Lipinski definition) is 7. The molecule has 8 heteroatoms. The van der Waals surface area contributed by atoms with E-state index in [0.717, 1.165) is 42.3 Å². The summed E-state index contributed by atoms with van der Waals surface area (Å²) in [5.74, 6) is 1.13. The largest absolute Gasteiger partial charge is 0.391 e. The van der Waals surface area contributed by atoms with Crippen molar-refractivity contribution in [2.45, 2.75) is 44.2 Å². The second-order valence-corrected chi connectivity index (χ2v) is 7.84. The molecule has 3 heterocycles. The number of β-amino-alcohol motifs (C(OH)–C–C–N with tert-alkyl or cyclic N) is 1. The van der Waals surface area contributed by atoms with E-state index >= 15 is 0 Å². The van der Waals surface area contributed by atoms with E-state index in [-0.39, 0.29) is 18.1 Å². The van der Waals surface area contributed by atoms with Crippen molar-refractivity contribution in [2.75, 3.05) is 18.0 Å². The normalized spacial score (nSPS) is 25.7. The Morgan fingerprint density at radius 2 is 2.24 bits per heavy atom. The lowest BCUT2D eigenvalue weighted by Gasteiger charge is -2.35. The Morgan fingerprint density at radius 3 is 2.92 bits per heavy atom. The van der Waals surface area contributed by atoms with E-state index in [1.54, 1.807) is 11.7 Å². The molecule has 0 bridgehead atoms. The molecular weight excluding hydrogens is 338 g/mol. The summed E-state index contributed by atoms with van der Waals surface area (Å²) in [5, 5.41) is 15.4. The molecule has 1 saturated carbocycles. The second-order valence-electron chi connectivity index (χ2n) is 6.78. The lowest BCUT2D eigenvalue weighted by atomic mass is 9.78. The number of aromatic nitrogens is 3. The fourth-order valence-electron chi connectivity index (χ4n) is 3.41. The maximum Gasteiger partial charge on any atom is 0.270 e. The van der Waals surface area contributed by atoms with Gasteiger partial charge in [-0.15, -0.1) is 11.3 Å². The van der Waals surface area contributed by atoms with Crippen molar-refractivity contribution in [3.05, 3.63) is 34.2 Å². The molecule has 1 saturated heterocycles. The van der Waals surface area contributed by atoms with Gasteiger partial charge in [0.05, 0.1) is 11.1 Å². The number of carbonyl (C=O) groups is 1. The highest BCUT2D eigenvalue weighted by molar-refractivity contribution is 7.09. The van der Waals surface area contributed by atoms with Crippen LogP contribution < -0.4 is 10.2 Å². The standard InChI is InChI=1S/C17H21N5O2S/c1-10-20-15(8-25-10)17(24)21-12-4-11(5-12)14-6-16(19-9-18-14)22-3-2-13(23)7-22/h6,8-9,11-13,23H,2-5,7H2,1H3,(H,21,24)/t11?,12?,13-/m0/s1. The molecule has 2 aromatic heterocycles.